The Labute approximate surface area is 122 Å². The summed E-state index contributed by atoms with van der Waals surface area (Å²) in [7, 11) is 0. The maximum absolute atomic E-state index is 9.74. The smallest absolute Gasteiger partial charge is 0.115 e. The van der Waals surface area contributed by atoms with E-state index in [1.54, 1.807) is 0 Å². The summed E-state index contributed by atoms with van der Waals surface area (Å²) < 4.78 is 0. The van der Waals surface area contributed by atoms with Crippen LogP contribution in [0.15, 0.2) is 12.7 Å². The van der Waals surface area contributed by atoms with Crippen LogP contribution in [0.1, 0.15) is 51.9 Å². The molecule has 0 aliphatic heterocycles. The van der Waals surface area contributed by atoms with Crippen LogP contribution in [0.2, 0.25) is 0 Å². The topological polar surface area (TPSA) is 60.7 Å². The van der Waals surface area contributed by atoms with E-state index in [0.29, 0.717) is 12.8 Å². The highest BCUT2D eigenvalue weighted by Crippen LogP contribution is 2.10. The number of allylic oxidation sites excluding steroid dienone is 1. The van der Waals surface area contributed by atoms with E-state index in [4.69, 9.17) is 0 Å². The second-order valence-corrected chi connectivity index (χ2v) is 4.76. The monoisotopic (exact) mass is 278 g/mol. The first kappa shape index (κ1) is 18.7. The van der Waals surface area contributed by atoms with Crippen LogP contribution in [0.5, 0.6) is 0 Å². The summed E-state index contributed by atoms with van der Waals surface area (Å²) in [4.78, 5) is 0. The van der Waals surface area contributed by atoms with Crippen LogP contribution in [-0.2, 0) is 0 Å². The standard InChI is InChI=1S/C17H26O3/c1-3-5-6-7-10-13-16(19)17(20)14-11-8-9-12-15(18)4-2/h3,15-20H,1,4-7,10,13-14H2,2H3/t15-,16-,17-/m0/s1. The largest absolute Gasteiger partial charge is 0.390 e. The first-order valence-corrected chi connectivity index (χ1v) is 7.25. The third kappa shape index (κ3) is 10.6. The molecule has 0 rings (SSSR count). The Bertz CT molecular complexity index is 367. The number of aliphatic hydroxyl groups excluding tert-OH is 3. The minimum Gasteiger partial charge on any atom is -0.390 e. The Hall–Kier alpha value is -1.26. The van der Waals surface area contributed by atoms with Crippen LogP contribution < -0.4 is 0 Å². The van der Waals surface area contributed by atoms with Gasteiger partial charge in [-0.05, 0) is 37.5 Å². The van der Waals surface area contributed by atoms with Gasteiger partial charge in [-0.3, -0.25) is 0 Å². The zero-order chi connectivity index (χ0) is 15.2. The molecule has 0 heterocycles. The van der Waals surface area contributed by atoms with E-state index in [1.165, 1.54) is 0 Å². The third-order valence-corrected chi connectivity index (χ3v) is 2.94. The van der Waals surface area contributed by atoms with Crippen LogP contribution in [0.25, 0.3) is 0 Å². The van der Waals surface area contributed by atoms with Gasteiger partial charge in [0.15, 0.2) is 0 Å². The van der Waals surface area contributed by atoms with Crippen molar-refractivity contribution in [3.05, 3.63) is 12.7 Å². The summed E-state index contributed by atoms with van der Waals surface area (Å²) in [6, 6.07) is 0. The van der Waals surface area contributed by atoms with Gasteiger partial charge in [-0.2, -0.15) is 0 Å². The lowest BCUT2D eigenvalue weighted by Gasteiger charge is -2.15. The molecule has 0 fully saturated rings. The molecular formula is C17H26O3. The molecule has 0 saturated heterocycles. The van der Waals surface area contributed by atoms with E-state index in [-0.39, 0.29) is 6.42 Å². The quantitative estimate of drug-likeness (QED) is 0.343. The molecule has 20 heavy (non-hydrogen) atoms. The van der Waals surface area contributed by atoms with Gasteiger partial charge >= 0.3 is 0 Å². The molecule has 3 N–H and O–H groups in total. The Balaban J connectivity index is 3.84. The van der Waals surface area contributed by atoms with Crippen molar-refractivity contribution in [3.63, 3.8) is 0 Å². The summed E-state index contributed by atoms with van der Waals surface area (Å²) in [5.41, 5.74) is 0. The lowest BCUT2D eigenvalue weighted by atomic mass is 10.0. The van der Waals surface area contributed by atoms with E-state index >= 15 is 0 Å². The SMILES string of the molecule is C=CCCCCC[C@H](O)[C@@H](O)CC#CC#C[C@@H](O)CC. The number of unbranched alkanes of at least 4 members (excludes halogenated alkanes) is 3. The van der Waals surface area contributed by atoms with E-state index in [1.807, 2.05) is 13.0 Å². The highest BCUT2D eigenvalue weighted by molar-refractivity contribution is 5.27. The fourth-order valence-electron chi connectivity index (χ4n) is 1.57. The van der Waals surface area contributed by atoms with Crippen molar-refractivity contribution >= 4 is 0 Å². The molecule has 0 radical (unpaired) electrons. The highest BCUT2D eigenvalue weighted by atomic mass is 16.3. The Morgan fingerprint density at radius 3 is 2.45 bits per heavy atom. The number of rotatable bonds is 9. The normalized spacial score (nSPS) is 14.2. The average molecular weight is 278 g/mol. The van der Waals surface area contributed by atoms with Crippen LogP contribution >= 0.6 is 0 Å². The summed E-state index contributed by atoms with van der Waals surface area (Å²) in [6.45, 7) is 5.49. The van der Waals surface area contributed by atoms with Gasteiger partial charge in [0.1, 0.15) is 6.10 Å². The van der Waals surface area contributed by atoms with Crippen molar-refractivity contribution in [1.82, 2.24) is 0 Å². The molecule has 112 valence electrons. The van der Waals surface area contributed by atoms with Gasteiger partial charge in [-0.25, -0.2) is 0 Å². The zero-order valence-electron chi connectivity index (χ0n) is 12.3. The molecule has 0 aromatic heterocycles. The summed E-state index contributed by atoms with van der Waals surface area (Å²) in [5.74, 6) is 10.4. The van der Waals surface area contributed by atoms with Crippen molar-refractivity contribution in [3.8, 4) is 23.7 Å². The predicted molar refractivity (Wildman–Crippen MR) is 81.8 cm³/mol. The van der Waals surface area contributed by atoms with Gasteiger partial charge in [0, 0.05) is 6.42 Å². The van der Waals surface area contributed by atoms with Gasteiger partial charge in [0.2, 0.25) is 0 Å². The van der Waals surface area contributed by atoms with Crippen molar-refractivity contribution in [2.75, 3.05) is 0 Å². The molecule has 0 aliphatic carbocycles. The highest BCUT2D eigenvalue weighted by Gasteiger charge is 2.14. The van der Waals surface area contributed by atoms with Crippen LogP contribution in [-0.4, -0.2) is 33.6 Å². The predicted octanol–water partition coefficient (Wildman–Crippen LogP) is 2.01. The molecule has 0 saturated carbocycles. The van der Waals surface area contributed by atoms with E-state index < -0.39 is 18.3 Å². The number of hydrogen-bond acceptors (Lipinski definition) is 3. The average Bonchev–Trinajstić information content (AvgIpc) is 2.45. The Morgan fingerprint density at radius 1 is 1.05 bits per heavy atom. The second kappa shape index (κ2) is 12.8. The molecular weight excluding hydrogens is 252 g/mol. The first-order chi connectivity index (χ1) is 9.61. The summed E-state index contributed by atoms with van der Waals surface area (Å²) in [5, 5.41) is 28.6. The maximum Gasteiger partial charge on any atom is 0.115 e. The van der Waals surface area contributed by atoms with Gasteiger partial charge in [-0.15, -0.1) is 6.58 Å². The van der Waals surface area contributed by atoms with Crippen LogP contribution in [0.3, 0.4) is 0 Å². The van der Waals surface area contributed by atoms with Crippen molar-refractivity contribution in [2.45, 2.75) is 70.2 Å². The molecule has 0 spiro atoms. The summed E-state index contributed by atoms with van der Waals surface area (Å²) in [6.07, 6.45) is 5.01. The van der Waals surface area contributed by atoms with Gasteiger partial charge in [0.05, 0.1) is 12.2 Å². The molecule has 3 heteroatoms. The van der Waals surface area contributed by atoms with Crippen LogP contribution in [0.4, 0.5) is 0 Å². The molecule has 0 aromatic rings. The van der Waals surface area contributed by atoms with Gasteiger partial charge in [-0.1, -0.05) is 37.7 Å². The minimum absolute atomic E-state index is 0.199. The fourth-order valence-corrected chi connectivity index (χ4v) is 1.57. The first-order valence-electron chi connectivity index (χ1n) is 7.25. The molecule has 0 amide bonds. The Kier molecular flexibility index (Phi) is 12.0. The number of aliphatic hydroxyl groups is 3. The molecule has 0 aliphatic rings. The lowest BCUT2D eigenvalue weighted by Crippen LogP contribution is -2.25. The Morgan fingerprint density at radius 2 is 1.80 bits per heavy atom. The second-order valence-electron chi connectivity index (χ2n) is 4.76. The summed E-state index contributed by atoms with van der Waals surface area (Å²) >= 11 is 0. The van der Waals surface area contributed by atoms with E-state index in [0.717, 1.165) is 25.7 Å². The lowest BCUT2D eigenvalue weighted by molar-refractivity contribution is 0.0165. The van der Waals surface area contributed by atoms with Gasteiger partial charge < -0.3 is 15.3 Å². The molecule has 3 atom stereocenters. The zero-order valence-corrected chi connectivity index (χ0v) is 12.3. The molecule has 0 bridgehead atoms. The van der Waals surface area contributed by atoms with Crippen molar-refractivity contribution < 1.29 is 15.3 Å². The number of hydrogen-bond donors (Lipinski definition) is 3. The fraction of sp³-hybridized carbons (Fsp3) is 0.647. The molecule has 0 aromatic carbocycles. The van der Waals surface area contributed by atoms with Crippen LogP contribution in [0, 0.1) is 23.7 Å². The van der Waals surface area contributed by atoms with Gasteiger partial charge in [0.25, 0.3) is 0 Å². The molecule has 0 unspecified atom stereocenters. The molecule has 3 nitrogen and oxygen atoms in total. The maximum atomic E-state index is 9.74. The van der Waals surface area contributed by atoms with Crippen molar-refractivity contribution in [1.29, 1.82) is 0 Å². The van der Waals surface area contributed by atoms with Crippen molar-refractivity contribution in [2.24, 2.45) is 0 Å². The minimum atomic E-state index is -0.834. The van der Waals surface area contributed by atoms with E-state index in [2.05, 4.69) is 30.3 Å². The third-order valence-electron chi connectivity index (χ3n) is 2.94. The van der Waals surface area contributed by atoms with E-state index in [9.17, 15) is 15.3 Å².